The molecule has 0 N–H and O–H groups in total. The zero-order chi connectivity index (χ0) is 23.1. The number of carbonyl (C=O) groups is 2. The Morgan fingerprint density at radius 1 is 0.848 bits per heavy atom. The van der Waals surface area contributed by atoms with Gasteiger partial charge in [-0.1, -0.05) is 54.1 Å². The standard InChI is InChI=1S/C27H23ClN2O3/c1-17(2)33-23-10-6-5-9-22(23)30-26(31)24(19-11-13-20(28)14-12-19)25(27(30)32)29-16-15-18-7-3-4-8-21(18)29/h3-14,17H,15-16H2,1-2H3. The predicted molar refractivity (Wildman–Crippen MR) is 131 cm³/mol. The summed E-state index contributed by atoms with van der Waals surface area (Å²) < 4.78 is 5.93. The molecule has 5 nitrogen and oxygen atoms in total. The van der Waals surface area contributed by atoms with Crippen molar-refractivity contribution in [3.05, 3.63) is 94.6 Å². The molecule has 5 rings (SSSR count). The van der Waals surface area contributed by atoms with Gasteiger partial charge in [-0.3, -0.25) is 9.59 Å². The third-order valence-corrected chi connectivity index (χ3v) is 6.07. The summed E-state index contributed by atoms with van der Waals surface area (Å²) in [4.78, 5) is 31.0. The van der Waals surface area contributed by atoms with E-state index in [1.165, 1.54) is 4.90 Å². The minimum Gasteiger partial charge on any atom is -0.489 e. The Bertz CT molecular complexity index is 1280. The quantitative estimate of drug-likeness (QED) is 0.475. The van der Waals surface area contributed by atoms with Crippen LogP contribution in [-0.4, -0.2) is 24.5 Å². The van der Waals surface area contributed by atoms with Crippen molar-refractivity contribution >= 4 is 40.4 Å². The number of imide groups is 1. The van der Waals surface area contributed by atoms with Gasteiger partial charge in [0.15, 0.2) is 0 Å². The maximum atomic E-state index is 13.9. The second-order valence-corrected chi connectivity index (χ2v) is 8.78. The van der Waals surface area contributed by atoms with Gasteiger partial charge in [-0.25, -0.2) is 4.90 Å². The van der Waals surface area contributed by atoms with E-state index >= 15 is 0 Å². The first-order valence-corrected chi connectivity index (χ1v) is 11.3. The number of halogens is 1. The van der Waals surface area contributed by atoms with E-state index in [1.54, 1.807) is 42.5 Å². The third-order valence-electron chi connectivity index (χ3n) is 5.82. The number of hydrogen-bond acceptors (Lipinski definition) is 4. The molecule has 2 aliphatic rings. The van der Waals surface area contributed by atoms with E-state index < -0.39 is 0 Å². The lowest BCUT2D eigenvalue weighted by Gasteiger charge is -2.23. The Balaban J connectivity index is 1.67. The van der Waals surface area contributed by atoms with Crippen molar-refractivity contribution in [2.24, 2.45) is 0 Å². The normalized spacial score (nSPS) is 15.6. The van der Waals surface area contributed by atoms with E-state index in [0.717, 1.165) is 17.7 Å². The molecule has 0 fully saturated rings. The van der Waals surface area contributed by atoms with Crippen molar-refractivity contribution in [2.75, 3.05) is 16.3 Å². The smallest absolute Gasteiger partial charge is 0.282 e. The van der Waals surface area contributed by atoms with Crippen LogP contribution in [0, 0.1) is 0 Å². The van der Waals surface area contributed by atoms with Crippen LogP contribution in [0.25, 0.3) is 5.57 Å². The van der Waals surface area contributed by atoms with Crippen LogP contribution in [0.5, 0.6) is 5.75 Å². The average molecular weight is 459 g/mol. The molecule has 166 valence electrons. The molecule has 3 aromatic rings. The van der Waals surface area contributed by atoms with E-state index in [9.17, 15) is 9.59 Å². The van der Waals surface area contributed by atoms with E-state index in [0.29, 0.717) is 39.8 Å². The lowest BCUT2D eigenvalue weighted by Crippen LogP contribution is -2.35. The summed E-state index contributed by atoms with van der Waals surface area (Å²) >= 11 is 6.10. The van der Waals surface area contributed by atoms with Crippen LogP contribution in [0.2, 0.25) is 5.02 Å². The molecule has 3 aromatic carbocycles. The highest BCUT2D eigenvalue weighted by Gasteiger charge is 2.45. The minimum absolute atomic E-state index is 0.104. The van der Waals surface area contributed by atoms with Gasteiger partial charge in [0.05, 0.1) is 17.4 Å². The average Bonchev–Trinajstić information content (AvgIpc) is 3.33. The molecule has 0 spiro atoms. The number of amides is 2. The summed E-state index contributed by atoms with van der Waals surface area (Å²) in [7, 11) is 0. The molecule has 0 saturated heterocycles. The highest BCUT2D eigenvalue weighted by atomic mass is 35.5. The molecule has 33 heavy (non-hydrogen) atoms. The van der Waals surface area contributed by atoms with Crippen molar-refractivity contribution < 1.29 is 14.3 Å². The van der Waals surface area contributed by atoms with Crippen LogP contribution >= 0.6 is 11.6 Å². The minimum atomic E-state index is -0.374. The molecule has 0 atom stereocenters. The van der Waals surface area contributed by atoms with Crippen molar-refractivity contribution in [1.82, 2.24) is 0 Å². The number of nitrogens with zero attached hydrogens (tertiary/aromatic N) is 2. The lowest BCUT2D eigenvalue weighted by atomic mass is 10.0. The molecule has 0 bridgehead atoms. The Morgan fingerprint density at radius 2 is 1.52 bits per heavy atom. The van der Waals surface area contributed by atoms with Crippen LogP contribution in [-0.2, 0) is 16.0 Å². The van der Waals surface area contributed by atoms with Crippen molar-refractivity contribution in [1.29, 1.82) is 0 Å². The molecule has 0 radical (unpaired) electrons. The van der Waals surface area contributed by atoms with Crippen LogP contribution in [0.15, 0.2) is 78.5 Å². The Morgan fingerprint density at radius 3 is 2.24 bits per heavy atom. The van der Waals surface area contributed by atoms with Gasteiger partial charge in [0.2, 0.25) is 0 Å². The van der Waals surface area contributed by atoms with Gasteiger partial charge in [0.25, 0.3) is 11.8 Å². The lowest BCUT2D eigenvalue weighted by molar-refractivity contribution is -0.120. The number of para-hydroxylation sites is 3. The maximum absolute atomic E-state index is 13.9. The van der Waals surface area contributed by atoms with Crippen LogP contribution in [0.3, 0.4) is 0 Å². The Kier molecular flexibility index (Phi) is 5.43. The van der Waals surface area contributed by atoms with Gasteiger partial charge in [-0.05, 0) is 61.7 Å². The second-order valence-electron chi connectivity index (χ2n) is 8.34. The number of fused-ring (bicyclic) bond motifs is 1. The van der Waals surface area contributed by atoms with Crippen molar-refractivity contribution in [2.45, 2.75) is 26.4 Å². The van der Waals surface area contributed by atoms with Crippen molar-refractivity contribution in [3.8, 4) is 5.75 Å². The molecule has 0 aliphatic carbocycles. The molecule has 2 heterocycles. The van der Waals surface area contributed by atoms with Crippen LogP contribution in [0.1, 0.15) is 25.0 Å². The molecule has 0 aromatic heterocycles. The van der Waals surface area contributed by atoms with Gasteiger partial charge in [-0.15, -0.1) is 0 Å². The molecule has 0 unspecified atom stereocenters. The third kappa shape index (κ3) is 3.68. The summed E-state index contributed by atoms with van der Waals surface area (Å²) in [5, 5.41) is 0.566. The number of rotatable bonds is 5. The molecular weight excluding hydrogens is 436 g/mol. The first-order valence-electron chi connectivity index (χ1n) is 11.0. The van der Waals surface area contributed by atoms with Gasteiger partial charge < -0.3 is 9.64 Å². The summed E-state index contributed by atoms with van der Waals surface area (Å²) in [5.74, 6) is -0.240. The SMILES string of the molecule is CC(C)Oc1ccccc1N1C(=O)C(c2ccc(Cl)cc2)=C(N2CCc3ccccc32)C1=O. The summed E-state index contributed by atoms with van der Waals surface area (Å²) in [6.45, 7) is 4.45. The number of hydrogen-bond donors (Lipinski definition) is 0. The molecule has 0 saturated carbocycles. The zero-order valence-corrected chi connectivity index (χ0v) is 19.2. The number of benzene rings is 3. The fourth-order valence-electron chi connectivity index (χ4n) is 4.43. The van der Waals surface area contributed by atoms with Gasteiger partial charge in [0.1, 0.15) is 11.4 Å². The van der Waals surface area contributed by atoms with Crippen LogP contribution in [0.4, 0.5) is 11.4 Å². The van der Waals surface area contributed by atoms with E-state index in [1.807, 2.05) is 43.0 Å². The summed E-state index contributed by atoms with van der Waals surface area (Å²) in [6.07, 6.45) is 0.704. The summed E-state index contributed by atoms with van der Waals surface area (Å²) in [6, 6.07) is 22.2. The van der Waals surface area contributed by atoms with Gasteiger partial charge in [-0.2, -0.15) is 0 Å². The zero-order valence-electron chi connectivity index (χ0n) is 18.4. The van der Waals surface area contributed by atoms with E-state index in [-0.39, 0.29) is 17.9 Å². The monoisotopic (exact) mass is 458 g/mol. The Hall–Kier alpha value is -3.57. The van der Waals surface area contributed by atoms with Gasteiger partial charge >= 0.3 is 0 Å². The fourth-order valence-corrected chi connectivity index (χ4v) is 4.56. The molecular formula is C27H23ClN2O3. The number of carbonyl (C=O) groups excluding carboxylic acids is 2. The highest BCUT2D eigenvalue weighted by molar-refractivity contribution is 6.46. The Labute approximate surface area is 197 Å². The number of anilines is 2. The fraction of sp³-hybridized carbons (Fsp3) is 0.185. The molecule has 6 heteroatoms. The highest BCUT2D eigenvalue weighted by Crippen LogP contribution is 2.42. The van der Waals surface area contributed by atoms with E-state index in [4.69, 9.17) is 16.3 Å². The maximum Gasteiger partial charge on any atom is 0.282 e. The molecule has 2 amide bonds. The first kappa shape index (κ1) is 21.3. The van der Waals surface area contributed by atoms with Crippen molar-refractivity contribution in [3.63, 3.8) is 0 Å². The predicted octanol–water partition coefficient (Wildman–Crippen LogP) is 5.47. The molecule has 2 aliphatic heterocycles. The summed E-state index contributed by atoms with van der Waals surface area (Å²) in [5.41, 5.74) is 3.95. The largest absolute Gasteiger partial charge is 0.489 e. The van der Waals surface area contributed by atoms with E-state index in [2.05, 4.69) is 6.07 Å². The number of ether oxygens (including phenoxy) is 1. The van der Waals surface area contributed by atoms with Gasteiger partial charge in [0, 0.05) is 17.3 Å². The second kappa shape index (κ2) is 8.41. The van der Waals surface area contributed by atoms with Crippen LogP contribution < -0.4 is 14.5 Å². The first-order chi connectivity index (χ1) is 16.0. The topological polar surface area (TPSA) is 49.9 Å².